The van der Waals surface area contributed by atoms with Gasteiger partial charge in [0.15, 0.2) is 0 Å². The van der Waals surface area contributed by atoms with Gasteiger partial charge in [0.05, 0.1) is 10.6 Å². The molecule has 0 unspecified atom stereocenters. The van der Waals surface area contributed by atoms with E-state index in [1.807, 2.05) is 40.6 Å². The Kier molecular flexibility index (Phi) is 4.40. The number of carbonyl (C=O) groups excluding carboxylic acids is 1. The number of thiophene rings is 1. The molecule has 1 amide bonds. The second kappa shape index (κ2) is 6.84. The Bertz CT molecular complexity index is 859. The third-order valence-corrected chi connectivity index (χ3v) is 5.52. The molecule has 128 valence electrons. The van der Waals surface area contributed by atoms with Crippen LogP contribution >= 0.6 is 11.3 Å². The number of hydrogen-bond donors (Lipinski definition) is 0. The number of rotatable bonds is 3. The average Bonchev–Trinajstić information content (AvgIpc) is 3.32. The van der Waals surface area contributed by atoms with Crippen LogP contribution in [0.1, 0.15) is 35.3 Å². The summed E-state index contributed by atoms with van der Waals surface area (Å²) in [5.41, 5.74) is 3.62. The largest absolute Gasteiger partial charge is 0.337 e. The van der Waals surface area contributed by atoms with Crippen LogP contribution in [0.2, 0.25) is 0 Å². The summed E-state index contributed by atoms with van der Waals surface area (Å²) in [5, 5.41) is 6.78. The van der Waals surface area contributed by atoms with Gasteiger partial charge in [-0.1, -0.05) is 23.8 Å². The van der Waals surface area contributed by atoms with Gasteiger partial charge in [0.1, 0.15) is 11.4 Å². The Hall–Kier alpha value is -2.40. The first kappa shape index (κ1) is 16.1. The lowest BCUT2D eigenvalue weighted by atomic mass is 10.1. The Morgan fingerprint density at radius 2 is 1.84 bits per heavy atom. The fourth-order valence-corrected chi connectivity index (χ4v) is 3.90. The van der Waals surface area contributed by atoms with Crippen molar-refractivity contribution in [3.05, 3.63) is 59.1 Å². The molecule has 1 saturated heterocycles. The van der Waals surface area contributed by atoms with Gasteiger partial charge >= 0.3 is 0 Å². The van der Waals surface area contributed by atoms with E-state index >= 15 is 0 Å². The van der Waals surface area contributed by atoms with Gasteiger partial charge in [-0.3, -0.25) is 4.79 Å². The molecular formula is C20H21N3OS. The minimum atomic E-state index is 0.0792. The van der Waals surface area contributed by atoms with E-state index in [2.05, 4.69) is 19.1 Å². The van der Waals surface area contributed by atoms with Crippen molar-refractivity contribution in [2.45, 2.75) is 26.2 Å². The number of carbonyl (C=O) groups is 1. The number of aryl methyl sites for hydroxylation is 1. The maximum Gasteiger partial charge on any atom is 0.272 e. The maximum absolute atomic E-state index is 13.1. The number of hydrogen-bond acceptors (Lipinski definition) is 3. The summed E-state index contributed by atoms with van der Waals surface area (Å²) >= 11 is 1.64. The van der Waals surface area contributed by atoms with Crippen molar-refractivity contribution in [1.29, 1.82) is 0 Å². The second-order valence-corrected chi connectivity index (χ2v) is 7.44. The molecule has 2 aromatic heterocycles. The Labute approximate surface area is 151 Å². The molecule has 4 rings (SSSR count). The van der Waals surface area contributed by atoms with Crippen LogP contribution < -0.4 is 0 Å². The molecule has 5 heteroatoms. The highest BCUT2D eigenvalue weighted by atomic mass is 32.1. The molecule has 1 aromatic carbocycles. The Balaban J connectivity index is 1.77. The molecule has 1 aliphatic rings. The molecular weight excluding hydrogens is 330 g/mol. The first-order chi connectivity index (χ1) is 12.2. The van der Waals surface area contributed by atoms with E-state index in [4.69, 9.17) is 5.10 Å². The number of benzene rings is 1. The topological polar surface area (TPSA) is 38.1 Å². The lowest BCUT2D eigenvalue weighted by Gasteiger charge is -2.26. The lowest BCUT2D eigenvalue weighted by molar-refractivity contribution is 0.0715. The number of amides is 1. The van der Waals surface area contributed by atoms with Crippen molar-refractivity contribution in [1.82, 2.24) is 14.7 Å². The summed E-state index contributed by atoms with van der Waals surface area (Å²) in [7, 11) is 0. The van der Waals surface area contributed by atoms with Crippen LogP contribution in [0, 0.1) is 6.92 Å². The quantitative estimate of drug-likeness (QED) is 0.695. The summed E-state index contributed by atoms with van der Waals surface area (Å²) in [6, 6.07) is 14.1. The van der Waals surface area contributed by atoms with Crippen LogP contribution in [0.25, 0.3) is 16.3 Å². The van der Waals surface area contributed by atoms with Crippen molar-refractivity contribution in [2.24, 2.45) is 0 Å². The number of nitrogens with zero attached hydrogens (tertiary/aromatic N) is 3. The predicted octanol–water partition coefficient (Wildman–Crippen LogP) is 4.54. The molecule has 0 N–H and O–H groups in total. The fourth-order valence-electron chi connectivity index (χ4n) is 3.22. The molecule has 0 bridgehead atoms. The van der Waals surface area contributed by atoms with Gasteiger partial charge in [0, 0.05) is 13.1 Å². The van der Waals surface area contributed by atoms with Gasteiger partial charge in [-0.15, -0.1) is 11.3 Å². The molecule has 0 spiro atoms. The normalized spacial score (nSPS) is 14.7. The monoisotopic (exact) mass is 351 g/mol. The van der Waals surface area contributed by atoms with Crippen LogP contribution in [-0.4, -0.2) is 33.7 Å². The van der Waals surface area contributed by atoms with Crippen molar-refractivity contribution in [2.75, 3.05) is 13.1 Å². The molecule has 3 aromatic rings. The molecule has 4 nitrogen and oxygen atoms in total. The van der Waals surface area contributed by atoms with Crippen LogP contribution in [0.3, 0.4) is 0 Å². The summed E-state index contributed by atoms with van der Waals surface area (Å²) in [6.07, 6.45) is 3.38. The van der Waals surface area contributed by atoms with E-state index in [1.165, 1.54) is 12.0 Å². The fraction of sp³-hybridized carbons (Fsp3) is 0.300. The van der Waals surface area contributed by atoms with Gasteiger partial charge in [-0.25, -0.2) is 4.68 Å². The van der Waals surface area contributed by atoms with Gasteiger partial charge in [-0.2, -0.15) is 5.10 Å². The minimum Gasteiger partial charge on any atom is -0.337 e. The third kappa shape index (κ3) is 3.24. The van der Waals surface area contributed by atoms with Crippen LogP contribution in [0.5, 0.6) is 0 Å². The molecule has 1 aliphatic heterocycles. The standard InChI is InChI=1S/C20H21N3OS/c1-15-7-9-16(10-8-15)23-18(20(24)22-11-3-2-4-12-22)14-17(21-23)19-6-5-13-25-19/h5-10,13-14H,2-4,11-12H2,1H3. The third-order valence-electron chi connectivity index (χ3n) is 4.62. The zero-order valence-electron chi connectivity index (χ0n) is 14.3. The highest BCUT2D eigenvalue weighted by Crippen LogP contribution is 2.27. The van der Waals surface area contributed by atoms with Crippen molar-refractivity contribution in [3.63, 3.8) is 0 Å². The van der Waals surface area contributed by atoms with E-state index in [9.17, 15) is 4.79 Å². The van der Waals surface area contributed by atoms with Crippen LogP contribution in [-0.2, 0) is 0 Å². The zero-order valence-corrected chi connectivity index (χ0v) is 15.1. The summed E-state index contributed by atoms with van der Waals surface area (Å²) in [6.45, 7) is 3.74. The molecule has 0 atom stereocenters. The maximum atomic E-state index is 13.1. The van der Waals surface area contributed by atoms with Crippen molar-refractivity contribution >= 4 is 17.2 Å². The highest BCUT2D eigenvalue weighted by molar-refractivity contribution is 7.13. The first-order valence-corrected chi connectivity index (χ1v) is 9.60. The number of likely N-dealkylation sites (tertiary alicyclic amines) is 1. The van der Waals surface area contributed by atoms with E-state index in [0.717, 1.165) is 42.2 Å². The predicted molar refractivity (Wildman–Crippen MR) is 101 cm³/mol. The van der Waals surface area contributed by atoms with Crippen LogP contribution in [0.4, 0.5) is 0 Å². The molecule has 0 saturated carbocycles. The molecule has 0 aliphatic carbocycles. The SMILES string of the molecule is Cc1ccc(-n2nc(-c3cccs3)cc2C(=O)N2CCCCC2)cc1. The highest BCUT2D eigenvalue weighted by Gasteiger charge is 2.24. The Morgan fingerprint density at radius 1 is 1.08 bits per heavy atom. The molecule has 3 heterocycles. The van der Waals surface area contributed by atoms with Gasteiger partial charge < -0.3 is 4.90 Å². The molecule has 1 fully saturated rings. The smallest absolute Gasteiger partial charge is 0.272 e. The minimum absolute atomic E-state index is 0.0792. The van der Waals surface area contributed by atoms with Gasteiger partial charge in [0.25, 0.3) is 5.91 Å². The van der Waals surface area contributed by atoms with Gasteiger partial charge in [0.2, 0.25) is 0 Å². The summed E-state index contributed by atoms with van der Waals surface area (Å²) in [4.78, 5) is 16.2. The molecule has 25 heavy (non-hydrogen) atoms. The number of piperidine rings is 1. The van der Waals surface area contributed by atoms with Crippen LogP contribution in [0.15, 0.2) is 47.8 Å². The number of aromatic nitrogens is 2. The first-order valence-electron chi connectivity index (χ1n) is 8.72. The lowest BCUT2D eigenvalue weighted by Crippen LogP contribution is -2.36. The van der Waals surface area contributed by atoms with E-state index < -0.39 is 0 Å². The Morgan fingerprint density at radius 3 is 2.52 bits per heavy atom. The van der Waals surface area contributed by atoms with E-state index in [0.29, 0.717) is 5.69 Å². The van der Waals surface area contributed by atoms with Crippen molar-refractivity contribution in [3.8, 4) is 16.3 Å². The summed E-state index contributed by atoms with van der Waals surface area (Å²) in [5.74, 6) is 0.0792. The van der Waals surface area contributed by atoms with Crippen molar-refractivity contribution < 1.29 is 4.79 Å². The second-order valence-electron chi connectivity index (χ2n) is 6.49. The average molecular weight is 351 g/mol. The van der Waals surface area contributed by atoms with E-state index in [-0.39, 0.29) is 5.91 Å². The summed E-state index contributed by atoms with van der Waals surface area (Å²) < 4.78 is 1.80. The van der Waals surface area contributed by atoms with E-state index in [1.54, 1.807) is 16.0 Å². The van der Waals surface area contributed by atoms with Gasteiger partial charge in [-0.05, 0) is 55.8 Å². The zero-order chi connectivity index (χ0) is 17.2. The molecule has 0 radical (unpaired) electrons.